The van der Waals surface area contributed by atoms with Crippen LogP contribution in [0.2, 0.25) is 5.02 Å². The largest absolute Gasteiger partial charge is 0.496 e. The highest BCUT2D eigenvalue weighted by molar-refractivity contribution is 6.33. The third-order valence-electron chi connectivity index (χ3n) is 5.16. The van der Waals surface area contributed by atoms with Crippen molar-refractivity contribution in [3.8, 4) is 5.75 Å². The molecule has 1 aromatic heterocycles. The number of methoxy groups -OCH3 is 2. The Balaban J connectivity index is 1.56. The van der Waals surface area contributed by atoms with Crippen LogP contribution in [0.5, 0.6) is 5.75 Å². The maximum Gasteiger partial charge on any atom is 0.255 e. The van der Waals surface area contributed by atoms with Crippen molar-refractivity contribution in [1.82, 2.24) is 25.2 Å². The first-order valence-electron chi connectivity index (χ1n) is 9.55. The van der Waals surface area contributed by atoms with E-state index in [4.69, 9.17) is 26.8 Å². The van der Waals surface area contributed by atoms with Crippen LogP contribution in [0.3, 0.4) is 0 Å². The van der Waals surface area contributed by atoms with E-state index < -0.39 is 0 Å². The number of hydrogen-bond acceptors (Lipinski definition) is 7. The summed E-state index contributed by atoms with van der Waals surface area (Å²) in [5.41, 5.74) is 6.53. The molecule has 2 aromatic rings. The summed E-state index contributed by atoms with van der Waals surface area (Å²) in [6.45, 7) is 3.38. The number of carbonyl (C=O) groups excluding carboxylic acids is 1. The van der Waals surface area contributed by atoms with Crippen LogP contribution in [-0.2, 0) is 11.3 Å². The fraction of sp³-hybridized carbons (Fsp3) is 0.526. The minimum atomic E-state index is -0.254. The predicted molar refractivity (Wildman–Crippen MR) is 110 cm³/mol. The summed E-state index contributed by atoms with van der Waals surface area (Å²) in [7, 11) is 3.17. The molecular weight excluding hydrogens is 396 g/mol. The van der Waals surface area contributed by atoms with E-state index in [9.17, 15) is 4.79 Å². The highest BCUT2D eigenvalue weighted by Gasteiger charge is 2.31. The van der Waals surface area contributed by atoms with Crippen LogP contribution < -0.4 is 15.8 Å². The maximum absolute atomic E-state index is 12.8. The van der Waals surface area contributed by atoms with Gasteiger partial charge in [0.05, 0.1) is 41.7 Å². The van der Waals surface area contributed by atoms with Gasteiger partial charge < -0.3 is 25.4 Å². The fourth-order valence-corrected chi connectivity index (χ4v) is 3.72. The molecule has 1 fully saturated rings. The maximum atomic E-state index is 12.8. The van der Waals surface area contributed by atoms with Crippen LogP contribution in [0.15, 0.2) is 24.5 Å². The van der Waals surface area contributed by atoms with Crippen LogP contribution in [0.25, 0.3) is 0 Å². The van der Waals surface area contributed by atoms with E-state index in [1.807, 2.05) is 10.9 Å². The summed E-state index contributed by atoms with van der Waals surface area (Å²) in [5, 5.41) is 11.2. The van der Waals surface area contributed by atoms with Gasteiger partial charge in [0.15, 0.2) is 0 Å². The number of nitrogens with zero attached hydrogens (tertiary/aromatic N) is 4. The summed E-state index contributed by atoms with van der Waals surface area (Å²) >= 11 is 6.09. The van der Waals surface area contributed by atoms with Gasteiger partial charge in [0, 0.05) is 45.6 Å². The lowest BCUT2D eigenvalue weighted by Gasteiger charge is -2.38. The predicted octanol–water partition coefficient (Wildman–Crippen LogP) is 1.43. The van der Waals surface area contributed by atoms with Gasteiger partial charge in [0.2, 0.25) is 0 Å². The van der Waals surface area contributed by atoms with Gasteiger partial charge in [-0.3, -0.25) is 9.48 Å². The summed E-state index contributed by atoms with van der Waals surface area (Å²) < 4.78 is 12.8. The highest BCUT2D eigenvalue weighted by atomic mass is 35.5. The number of amides is 1. The molecule has 2 unspecified atom stereocenters. The van der Waals surface area contributed by atoms with Crippen LogP contribution in [0.1, 0.15) is 23.2 Å². The summed E-state index contributed by atoms with van der Waals surface area (Å²) in [5.74, 6) is 0.138. The third kappa shape index (κ3) is 5.37. The van der Waals surface area contributed by atoms with E-state index in [0.717, 1.165) is 39.0 Å². The second-order valence-corrected chi connectivity index (χ2v) is 7.44. The molecule has 1 aliphatic rings. The number of nitrogens with two attached hydrogens (primary N) is 1. The Morgan fingerprint density at radius 1 is 1.38 bits per heavy atom. The van der Waals surface area contributed by atoms with Gasteiger partial charge in [-0.1, -0.05) is 16.8 Å². The molecule has 0 saturated carbocycles. The molecule has 9 nitrogen and oxygen atoms in total. The second kappa shape index (κ2) is 9.91. The Morgan fingerprint density at radius 2 is 2.21 bits per heavy atom. The zero-order chi connectivity index (χ0) is 20.8. The molecule has 1 saturated heterocycles. The molecule has 0 aliphatic carbocycles. The lowest BCUT2D eigenvalue weighted by molar-refractivity contribution is 0.00578. The van der Waals surface area contributed by atoms with Gasteiger partial charge in [-0.25, -0.2) is 0 Å². The summed E-state index contributed by atoms with van der Waals surface area (Å²) in [6.07, 6.45) is 5.20. The number of nitrogen functional groups attached to an aromatic ring is 1. The molecule has 1 amide bonds. The summed E-state index contributed by atoms with van der Waals surface area (Å²) in [6, 6.07) is 3.00. The Bertz CT molecular complexity index is 817. The molecule has 1 aliphatic heterocycles. The monoisotopic (exact) mass is 422 g/mol. The van der Waals surface area contributed by atoms with Crippen molar-refractivity contribution in [1.29, 1.82) is 0 Å². The number of likely N-dealkylation sites (tertiary alicyclic amines) is 1. The van der Waals surface area contributed by atoms with Crippen LogP contribution >= 0.6 is 11.6 Å². The number of nitrogens with one attached hydrogen (secondary N) is 1. The number of aryl methyl sites for hydroxylation is 1. The molecule has 29 heavy (non-hydrogen) atoms. The number of carbonyl (C=O) groups is 1. The minimum Gasteiger partial charge on any atom is -0.496 e. The SMILES string of the molecule is COc1cc(N)c(Cl)cc1C(=O)NC1CCN(CCCn2ccnn2)CC1OC. The highest BCUT2D eigenvalue weighted by Crippen LogP contribution is 2.29. The Labute approximate surface area is 175 Å². The lowest BCUT2D eigenvalue weighted by atomic mass is 10.0. The number of ether oxygens (including phenoxy) is 2. The quantitative estimate of drug-likeness (QED) is 0.619. The second-order valence-electron chi connectivity index (χ2n) is 7.04. The van der Waals surface area contributed by atoms with Crippen LogP contribution in [0.4, 0.5) is 5.69 Å². The number of aromatic nitrogens is 3. The molecule has 2 heterocycles. The topological polar surface area (TPSA) is 108 Å². The Hall–Kier alpha value is -2.36. The number of halogens is 1. The average Bonchev–Trinajstić information content (AvgIpc) is 3.24. The molecule has 158 valence electrons. The molecule has 2 atom stereocenters. The average molecular weight is 423 g/mol. The Morgan fingerprint density at radius 3 is 2.90 bits per heavy atom. The molecule has 3 N–H and O–H groups in total. The van der Waals surface area contributed by atoms with Gasteiger partial charge in [0.25, 0.3) is 5.91 Å². The van der Waals surface area contributed by atoms with E-state index in [-0.39, 0.29) is 18.1 Å². The normalized spacial score (nSPS) is 19.8. The fourth-order valence-electron chi connectivity index (χ4n) is 3.56. The minimum absolute atomic E-state index is 0.0971. The van der Waals surface area contributed by atoms with Gasteiger partial charge in [-0.15, -0.1) is 5.10 Å². The van der Waals surface area contributed by atoms with Gasteiger partial charge >= 0.3 is 0 Å². The molecule has 1 aromatic carbocycles. The molecule has 0 radical (unpaired) electrons. The van der Waals surface area contributed by atoms with Crippen molar-refractivity contribution >= 4 is 23.2 Å². The van der Waals surface area contributed by atoms with Gasteiger partial charge in [-0.05, 0) is 18.9 Å². The van der Waals surface area contributed by atoms with E-state index in [2.05, 4.69) is 20.5 Å². The van der Waals surface area contributed by atoms with Crippen molar-refractivity contribution in [2.45, 2.75) is 31.5 Å². The first-order chi connectivity index (χ1) is 14.0. The lowest BCUT2D eigenvalue weighted by Crippen LogP contribution is -2.55. The van der Waals surface area contributed by atoms with Gasteiger partial charge in [0.1, 0.15) is 5.75 Å². The number of hydrogen-bond donors (Lipinski definition) is 2. The zero-order valence-electron chi connectivity index (χ0n) is 16.7. The molecule has 0 spiro atoms. The number of benzene rings is 1. The van der Waals surface area contributed by atoms with Crippen molar-refractivity contribution in [2.75, 3.05) is 39.6 Å². The summed E-state index contributed by atoms with van der Waals surface area (Å²) in [4.78, 5) is 15.2. The third-order valence-corrected chi connectivity index (χ3v) is 5.49. The van der Waals surface area contributed by atoms with E-state index in [1.54, 1.807) is 19.4 Å². The number of anilines is 1. The standard InChI is InChI=1S/C19H27ClN6O3/c1-28-17-11-15(21)14(20)10-13(17)19(27)23-16-4-8-25(12-18(16)29-2)6-3-7-26-9-5-22-24-26/h5,9-11,16,18H,3-4,6-8,12,21H2,1-2H3,(H,23,27). The molecule has 10 heteroatoms. The first-order valence-corrected chi connectivity index (χ1v) is 9.92. The van der Waals surface area contributed by atoms with Crippen molar-refractivity contribution in [3.05, 3.63) is 35.1 Å². The van der Waals surface area contributed by atoms with Gasteiger partial charge in [-0.2, -0.15) is 0 Å². The van der Waals surface area contributed by atoms with Crippen molar-refractivity contribution in [3.63, 3.8) is 0 Å². The number of rotatable bonds is 8. The van der Waals surface area contributed by atoms with Crippen molar-refractivity contribution in [2.24, 2.45) is 0 Å². The van der Waals surface area contributed by atoms with E-state index in [1.165, 1.54) is 13.2 Å². The van der Waals surface area contributed by atoms with E-state index in [0.29, 0.717) is 22.0 Å². The van der Waals surface area contributed by atoms with Crippen LogP contribution in [0, 0.1) is 0 Å². The Kier molecular flexibility index (Phi) is 7.29. The zero-order valence-corrected chi connectivity index (χ0v) is 17.4. The van der Waals surface area contributed by atoms with Crippen molar-refractivity contribution < 1.29 is 14.3 Å². The molecule has 3 rings (SSSR count). The van der Waals surface area contributed by atoms with Crippen LogP contribution in [-0.4, -0.2) is 71.8 Å². The molecule has 0 bridgehead atoms. The smallest absolute Gasteiger partial charge is 0.255 e. The number of piperidine rings is 1. The first kappa shape index (κ1) is 21.4. The molecular formula is C19H27ClN6O3. The van der Waals surface area contributed by atoms with E-state index >= 15 is 0 Å².